The van der Waals surface area contributed by atoms with Gasteiger partial charge in [0.05, 0.1) is 11.6 Å². The van der Waals surface area contributed by atoms with E-state index in [1.54, 1.807) is 24.3 Å². The molecule has 1 N–H and O–H groups in total. The van der Waals surface area contributed by atoms with Gasteiger partial charge < -0.3 is 19.5 Å². The van der Waals surface area contributed by atoms with Gasteiger partial charge in [0.1, 0.15) is 13.2 Å². The second-order valence-corrected chi connectivity index (χ2v) is 6.15. The van der Waals surface area contributed by atoms with Crippen molar-refractivity contribution in [2.75, 3.05) is 19.8 Å². The first kappa shape index (κ1) is 18.1. The molecular formula is C19H18ClNO5. The van der Waals surface area contributed by atoms with Crippen molar-refractivity contribution in [3.8, 4) is 11.5 Å². The molecule has 1 aliphatic rings. The van der Waals surface area contributed by atoms with Gasteiger partial charge in [0, 0.05) is 5.02 Å². The summed E-state index contributed by atoms with van der Waals surface area (Å²) in [7, 11) is 0. The van der Waals surface area contributed by atoms with Crippen molar-refractivity contribution in [3.05, 3.63) is 58.6 Å². The Morgan fingerprint density at radius 2 is 1.88 bits per heavy atom. The van der Waals surface area contributed by atoms with Crippen LogP contribution < -0.4 is 14.8 Å². The minimum absolute atomic E-state index is 0.293. The molecule has 0 unspecified atom stereocenters. The van der Waals surface area contributed by atoms with E-state index in [1.165, 1.54) is 0 Å². The van der Waals surface area contributed by atoms with Crippen molar-refractivity contribution >= 4 is 23.5 Å². The first-order chi connectivity index (χ1) is 12.5. The number of carbonyl (C=O) groups is 2. The predicted octanol–water partition coefficient (Wildman–Crippen LogP) is 3.15. The fraction of sp³-hybridized carbons (Fsp3) is 0.263. The molecule has 6 nitrogen and oxygen atoms in total. The van der Waals surface area contributed by atoms with Crippen LogP contribution in [0, 0.1) is 0 Å². The Bertz CT molecular complexity index is 823. The highest BCUT2D eigenvalue weighted by Gasteiger charge is 2.18. The van der Waals surface area contributed by atoms with E-state index in [2.05, 4.69) is 5.32 Å². The maximum atomic E-state index is 12.1. The highest BCUT2D eigenvalue weighted by molar-refractivity contribution is 6.31. The zero-order valence-corrected chi connectivity index (χ0v) is 14.9. The molecule has 136 valence electrons. The number of ether oxygens (including phenoxy) is 3. The van der Waals surface area contributed by atoms with E-state index < -0.39 is 11.9 Å². The van der Waals surface area contributed by atoms with Gasteiger partial charge in [0.2, 0.25) is 0 Å². The molecule has 26 heavy (non-hydrogen) atoms. The molecule has 0 bridgehead atoms. The predicted molar refractivity (Wildman–Crippen MR) is 95.7 cm³/mol. The lowest BCUT2D eigenvalue weighted by atomic mass is 10.1. The van der Waals surface area contributed by atoms with Crippen molar-refractivity contribution in [2.45, 2.75) is 13.0 Å². The largest absolute Gasteiger partial charge is 0.486 e. The summed E-state index contributed by atoms with van der Waals surface area (Å²) in [5, 5.41) is 3.31. The third kappa shape index (κ3) is 4.26. The van der Waals surface area contributed by atoms with Crippen LogP contribution in [0.3, 0.4) is 0 Å². The summed E-state index contributed by atoms with van der Waals surface area (Å²) in [5.74, 6) is 0.0485. The minimum atomic E-state index is -0.609. The number of benzene rings is 2. The zero-order chi connectivity index (χ0) is 18.5. The van der Waals surface area contributed by atoms with Crippen LogP contribution >= 0.6 is 11.6 Å². The summed E-state index contributed by atoms with van der Waals surface area (Å²) in [6, 6.07) is 11.7. The lowest BCUT2D eigenvalue weighted by molar-refractivity contribution is -0.124. The van der Waals surface area contributed by atoms with Gasteiger partial charge in [-0.25, -0.2) is 4.79 Å². The Hall–Kier alpha value is -2.73. The third-order valence-electron chi connectivity index (χ3n) is 3.86. The number of halogens is 1. The van der Waals surface area contributed by atoms with E-state index >= 15 is 0 Å². The molecule has 0 saturated carbocycles. The van der Waals surface area contributed by atoms with Crippen LogP contribution in [0.2, 0.25) is 5.02 Å². The van der Waals surface area contributed by atoms with Crippen molar-refractivity contribution in [1.82, 2.24) is 5.32 Å². The van der Waals surface area contributed by atoms with Crippen LogP contribution in [-0.2, 0) is 9.53 Å². The molecule has 0 spiro atoms. The molecule has 1 atom stereocenters. The first-order valence-electron chi connectivity index (χ1n) is 8.15. The molecule has 2 aromatic carbocycles. The van der Waals surface area contributed by atoms with Gasteiger partial charge >= 0.3 is 5.97 Å². The Balaban J connectivity index is 1.54. The Morgan fingerprint density at radius 3 is 2.65 bits per heavy atom. The van der Waals surface area contributed by atoms with Gasteiger partial charge in [0.15, 0.2) is 18.1 Å². The highest BCUT2D eigenvalue weighted by Crippen LogP contribution is 2.30. The molecule has 3 rings (SSSR count). The number of amides is 1. The number of esters is 1. The highest BCUT2D eigenvalue weighted by atomic mass is 35.5. The number of rotatable bonds is 5. The van der Waals surface area contributed by atoms with E-state index in [-0.39, 0.29) is 12.6 Å². The maximum Gasteiger partial charge on any atom is 0.338 e. The number of fused-ring (bicyclic) bond motifs is 1. The molecule has 2 aromatic rings. The first-order valence-corrected chi connectivity index (χ1v) is 8.53. The van der Waals surface area contributed by atoms with E-state index in [0.717, 1.165) is 5.56 Å². The zero-order valence-electron chi connectivity index (χ0n) is 14.2. The number of hydrogen-bond donors (Lipinski definition) is 1. The SMILES string of the molecule is C[C@@H](NC(=O)COC(=O)c1ccc2c(c1)OCCO2)c1ccccc1Cl. The Labute approximate surface area is 156 Å². The van der Waals surface area contributed by atoms with Crippen molar-refractivity contribution in [3.63, 3.8) is 0 Å². The Morgan fingerprint density at radius 1 is 1.15 bits per heavy atom. The molecule has 1 amide bonds. The quantitative estimate of drug-likeness (QED) is 0.813. The van der Waals surface area contributed by atoms with Crippen molar-refractivity contribution in [2.24, 2.45) is 0 Å². The van der Waals surface area contributed by atoms with Crippen LogP contribution in [0.15, 0.2) is 42.5 Å². The van der Waals surface area contributed by atoms with Crippen LogP contribution in [0.5, 0.6) is 11.5 Å². The van der Waals surface area contributed by atoms with Gasteiger partial charge in [-0.1, -0.05) is 29.8 Å². The number of carbonyl (C=O) groups excluding carboxylic acids is 2. The van der Waals surface area contributed by atoms with Gasteiger partial charge in [-0.15, -0.1) is 0 Å². The lowest BCUT2D eigenvalue weighted by Crippen LogP contribution is -2.31. The van der Waals surface area contributed by atoms with E-state index in [0.29, 0.717) is 35.3 Å². The number of hydrogen-bond acceptors (Lipinski definition) is 5. The van der Waals surface area contributed by atoms with Crippen LogP contribution in [0.1, 0.15) is 28.9 Å². The lowest BCUT2D eigenvalue weighted by Gasteiger charge is -2.18. The van der Waals surface area contributed by atoms with Crippen LogP contribution in [0.25, 0.3) is 0 Å². The molecule has 0 fully saturated rings. The summed E-state index contributed by atoms with van der Waals surface area (Å²) in [4.78, 5) is 24.2. The molecule has 1 heterocycles. The van der Waals surface area contributed by atoms with E-state index in [4.69, 9.17) is 25.8 Å². The fourth-order valence-electron chi connectivity index (χ4n) is 2.57. The Kier molecular flexibility index (Phi) is 5.63. The van der Waals surface area contributed by atoms with Crippen molar-refractivity contribution in [1.29, 1.82) is 0 Å². The van der Waals surface area contributed by atoms with Crippen molar-refractivity contribution < 1.29 is 23.8 Å². The average molecular weight is 376 g/mol. The summed E-state index contributed by atoms with van der Waals surface area (Å²) in [6.45, 7) is 2.32. The molecule has 0 radical (unpaired) electrons. The summed E-state index contributed by atoms with van der Waals surface area (Å²) < 4.78 is 15.9. The molecular weight excluding hydrogens is 358 g/mol. The number of nitrogens with one attached hydrogen (secondary N) is 1. The summed E-state index contributed by atoms with van der Waals surface area (Å²) in [6.07, 6.45) is 0. The average Bonchev–Trinajstić information content (AvgIpc) is 2.66. The van der Waals surface area contributed by atoms with Gasteiger partial charge in [-0.2, -0.15) is 0 Å². The van der Waals surface area contributed by atoms with Crippen LogP contribution in [-0.4, -0.2) is 31.7 Å². The monoisotopic (exact) mass is 375 g/mol. The molecule has 7 heteroatoms. The summed E-state index contributed by atoms with van der Waals surface area (Å²) in [5.41, 5.74) is 1.09. The normalized spacial score (nSPS) is 13.6. The molecule has 0 aliphatic carbocycles. The minimum Gasteiger partial charge on any atom is -0.486 e. The van der Waals surface area contributed by atoms with E-state index in [1.807, 2.05) is 25.1 Å². The standard InChI is InChI=1S/C19H18ClNO5/c1-12(14-4-2-3-5-15(14)20)21-18(22)11-26-19(23)13-6-7-16-17(10-13)25-9-8-24-16/h2-7,10,12H,8-9,11H2,1H3,(H,21,22)/t12-/m1/s1. The van der Waals surface area contributed by atoms with Crippen LogP contribution in [0.4, 0.5) is 0 Å². The smallest absolute Gasteiger partial charge is 0.338 e. The molecule has 0 saturated heterocycles. The second kappa shape index (κ2) is 8.10. The fourth-order valence-corrected chi connectivity index (χ4v) is 2.87. The third-order valence-corrected chi connectivity index (χ3v) is 4.21. The molecule has 0 aromatic heterocycles. The van der Waals surface area contributed by atoms with Gasteiger partial charge in [-0.05, 0) is 36.8 Å². The van der Waals surface area contributed by atoms with Gasteiger partial charge in [0.25, 0.3) is 5.91 Å². The molecule has 1 aliphatic heterocycles. The second-order valence-electron chi connectivity index (χ2n) is 5.75. The van der Waals surface area contributed by atoms with Gasteiger partial charge in [-0.3, -0.25) is 4.79 Å². The maximum absolute atomic E-state index is 12.1. The topological polar surface area (TPSA) is 73.9 Å². The summed E-state index contributed by atoms with van der Waals surface area (Å²) >= 11 is 6.11. The van der Waals surface area contributed by atoms with E-state index in [9.17, 15) is 9.59 Å².